The summed E-state index contributed by atoms with van der Waals surface area (Å²) in [5, 5.41) is 2.58. The number of esters is 2. The Morgan fingerprint density at radius 1 is 0.889 bits per heavy atom. The number of anilines is 1. The van der Waals surface area contributed by atoms with E-state index in [0.717, 1.165) is 0 Å². The number of carbonyl (C=O) groups excluding carboxylic acids is 3. The molecule has 0 heterocycles. The monoisotopic (exact) mass is 371 g/mol. The van der Waals surface area contributed by atoms with E-state index in [0.29, 0.717) is 22.6 Å². The van der Waals surface area contributed by atoms with Gasteiger partial charge in [0.1, 0.15) is 5.75 Å². The average Bonchev–Trinajstić information content (AvgIpc) is 2.66. The van der Waals surface area contributed by atoms with Crippen LogP contribution in [0.2, 0.25) is 0 Å². The number of ether oxygens (including phenoxy) is 3. The van der Waals surface area contributed by atoms with Crippen LogP contribution in [0.1, 0.15) is 34.6 Å². The molecule has 0 saturated heterocycles. The number of nitrogens with one attached hydrogen (secondary N) is 1. The summed E-state index contributed by atoms with van der Waals surface area (Å²) < 4.78 is 15.1. The van der Waals surface area contributed by atoms with Gasteiger partial charge in [-0.15, -0.1) is 0 Å². The topological polar surface area (TPSA) is 90.9 Å². The zero-order chi connectivity index (χ0) is 19.8. The molecule has 0 unspecified atom stereocenters. The van der Waals surface area contributed by atoms with Crippen molar-refractivity contribution in [1.82, 2.24) is 0 Å². The normalized spacial score (nSPS) is 10.2. The van der Waals surface area contributed by atoms with E-state index in [1.807, 2.05) is 13.8 Å². The maximum Gasteiger partial charge on any atom is 0.338 e. The van der Waals surface area contributed by atoms with Crippen LogP contribution < -0.4 is 10.1 Å². The standard InChI is InChI=1S/C20H21NO6/c1-13(2)27-17-10-6-15(7-11-17)20(24)26-12-18(22)21-16-8-4-14(5-9-16)19(23)25-3/h4-11,13H,12H2,1-3H3,(H,21,22). The Hall–Kier alpha value is -3.35. The van der Waals surface area contributed by atoms with Gasteiger partial charge < -0.3 is 19.5 Å². The van der Waals surface area contributed by atoms with Gasteiger partial charge in [0.2, 0.25) is 0 Å². The number of hydrogen-bond acceptors (Lipinski definition) is 6. The molecule has 27 heavy (non-hydrogen) atoms. The first-order valence-electron chi connectivity index (χ1n) is 8.31. The Morgan fingerprint density at radius 3 is 2.00 bits per heavy atom. The molecule has 0 radical (unpaired) electrons. The zero-order valence-corrected chi connectivity index (χ0v) is 15.4. The van der Waals surface area contributed by atoms with Crippen LogP contribution in [0.25, 0.3) is 0 Å². The van der Waals surface area contributed by atoms with Crippen molar-refractivity contribution >= 4 is 23.5 Å². The lowest BCUT2D eigenvalue weighted by molar-refractivity contribution is -0.119. The molecule has 0 aliphatic rings. The largest absolute Gasteiger partial charge is 0.491 e. The summed E-state index contributed by atoms with van der Waals surface area (Å²) in [4.78, 5) is 35.2. The smallest absolute Gasteiger partial charge is 0.338 e. The minimum atomic E-state index is -0.609. The van der Waals surface area contributed by atoms with E-state index in [1.165, 1.54) is 19.2 Å². The van der Waals surface area contributed by atoms with E-state index in [-0.39, 0.29) is 6.10 Å². The van der Waals surface area contributed by atoms with Crippen LogP contribution in [0.4, 0.5) is 5.69 Å². The van der Waals surface area contributed by atoms with Gasteiger partial charge in [0.15, 0.2) is 6.61 Å². The Morgan fingerprint density at radius 2 is 1.44 bits per heavy atom. The third kappa shape index (κ3) is 6.14. The van der Waals surface area contributed by atoms with Gasteiger partial charge in [0, 0.05) is 5.69 Å². The number of hydrogen-bond donors (Lipinski definition) is 1. The predicted molar refractivity (Wildman–Crippen MR) is 98.9 cm³/mol. The molecular weight excluding hydrogens is 350 g/mol. The van der Waals surface area contributed by atoms with Gasteiger partial charge in [-0.25, -0.2) is 9.59 Å². The number of benzene rings is 2. The molecule has 0 aromatic heterocycles. The van der Waals surface area contributed by atoms with Gasteiger partial charge >= 0.3 is 11.9 Å². The van der Waals surface area contributed by atoms with E-state index < -0.39 is 24.5 Å². The van der Waals surface area contributed by atoms with Crippen LogP contribution >= 0.6 is 0 Å². The molecule has 1 N–H and O–H groups in total. The van der Waals surface area contributed by atoms with Crippen molar-refractivity contribution in [3.63, 3.8) is 0 Å². The molecule has 2 aromatic carbocycles. The van der Waals surface area contributed by atoms with Crippen LogP contribution in [-0.4, -0.2) is 37.7 Å². The summed E-state index contributed by atoms with van der Waals surface area (Å²) in [6.07, 6.45) is 0.0354. The van der Waals surface area contributed by atoms with E-state index in [4.69, 9.17) is 9.47 Å². The lowest BCUT2D eigenvalue weighted by Gasteiger charge is -2.10. The highest BCUT2D eigenvalue weighted by Crippen LogP contribution is 2.15. The van der Waals surface area contributed by atoms with Gasteiger partial charge in [-0.05, 0) is 62.4 Å². The lowest BCUT2D eigenvalue weighted by Crippen LogP contribution is -2.21. The third-order valence-corrected chi connectivity index (χ3v) is 3.39. The second-order valence-corrected chi connectivity index (χ2v) is 5.88. The van der Waals surface area contributed by atoms with Crippen molar-refractivity contribution in [2.75, 3.05) is 19.0 Å². The second kappa shape index (κ2) is 9.38. The lowest BCUT2D eigenvalue weighted by atomic mass is 10.2. The molecule has 0 fully saturated rings. The average molecular weight is 371 g/mol. The van der Waals surface area contributed by atoms with Gasteiger partial charge in [-0.1, -0.05) is 0 Å². The van der Waals surface area contributed by atoms with Crippen molar-refractivity contribution in [2.24, 2.45) is 0 Å². The molecule has 7 nitrogen and oxygen atoms in total. The maximum atomic E-state index is 12.0. The number of amides is 1. The Balaban J connectivity index is 1.84. The second-order valence-electron chi connectivity index (χ2n) is 5.88. The summed E-state index contributed by atoms with van der Waals surface area (Å²) >= 11 is 0. The molecule has 0 aliphatic heterocycles. The molecule has 0 spiro atoms. The molecule has 7 heteroatoms. The van der Waals surface area contributed by atoms with E-state index in [1.54, 1.807) is 36.4 Å². The molecule has 0 bridgehead atoms. The van der Waals surface area contributed by atoms with Gasteiger partial charge in [0.05, 0.1) is 24.3 Å². The molecule has 2 aromatic rings. The number of rotatable bonds is 7. The fourth-order valence-corrected chi connectivity index (χ4v) is 2.16. The fourth-order valence-electron chi connectivity index (χ4n) is 2.16. The van der Waals surface area contributed by atoms with Crippen molar-refractivity contribution in [2.45, 2.75) is 20.0 Å². The molecule has 2 rings (SSSR count). The van der Waals surface area contributed by atoms with E-state index >= 15 is 0 Å². The predicted octanol–water partition coefficient (Wildman–Crippen LogP) is 3.06. The first-order valence-corrected chi connectivity index (χ1v) is 8.31. The van der Waals surface area contributed by atoms with Gasteiger partial charge in [-0.2, -0.15) is 0 Å². The maximum absolute atomic E-state index is 12.0. The Labute approximate surface area is 157 Å². The van der Waals surface area contributed by atoms with Crippen LogP contribution in [0.5, 0.6) is 5.75 Å². The Kier molecular flexibility index (Phi) is 6.93. The van der Waals surface area contributed by atoms with Crippen molar-refractivity contribution < 1.29 is 28.6 Å². The van der Waals surface area contributed by atoms with E-state index in [2.05, 4.69) is 10.1 Å². The summed E-state index contributed by atoms with van der Waals surface area (Å²) in [6.45, 7) is 3.38. The number of carbonyl (C=O) groups is 3. The van der Waals surface area contributed by atoms with Gasteiger partial charge in [-0.3, -0.25) is 4.79 Å². The number of methoxy groups -OCH3 is 1. The van der Waals surface area contributed by atoms with Crippen molar-refractivity contribution in [1.29, 1.82) is 0 Å². The molecular formula is C20H21NO6. The summed E-state index contributed by atoms with van der Waals surface area (Å²) in [6, 6.07) is 12.6. The first kappa shape index (κ1) is 20.0. The summed E-state index contributed by atoms with van der Waals surface area (Å²) in [5.74, 6) is -0.919. The van der Waals surface area contributed by atoms with Crippen molar-refractivity contribution in [3.05, 3.63) is 59.7 Å². The third-order valence-electron chi connectivity index (χ3n) is 3.39. The van der Waals surface area contributed by atoms with E-state index in [9.17, 15) is 14.4 Å². The first-order chi connectivity index (χ1) is 12.9. The zero-order valence-electron chi connectivity index (χ0n) is 15.4. The summed E-state index contributed by atoms with van der Waals surface area (Å²) in [5.41, 5.74) is 1.16. The van der Waals surface area contributed by atoms with Crippen LogP contribution in [0, 0.1) is 0 Å². The molecule has 0 saturated carbocycles. The SMILES string of the molecule is COC(=O)c1ccc(NC(=O)COC(=O)c2ccc(OC(C)C)cc2)cc1. The fraction of sp³-hybridized carbons (Fsp3) is 0.250. The minimum Gasteiger partial charge on any atom is -0.491 e. The molecule has 0 atom stereocenters. The van der Waals surface area contributed by atoms with Crippen LogP contribution in [-0.2, 0) is 14.3 Å². The van der Waals surface area contributed by atoms with Crippen LogP contribution in [0.3, 0.4) is 0 Å². The molecule has 1 amide bonds. The molecule has 142 valence electrons. The minimum absolute atomic E-state index is 0.0354. The van der Waals surface area contributed by atoms with Gasteiger partial charge in [0.25, 0.3) is 5.91 Å². The Bertz CT molecular complexity index is 796. The highest BCUT2D eigenvalue weighted by Gasteiger charge is 2.11. The van der Waals surface area contributed by atoms with Crippen molar-refractivity contribution in [3.8, 4) is 5.75 Å². The highest BCUT2D eigenvalue weighted by atomic mass is 16.5. The highest BCUT2D eigenvalue weighted by molar-refractivity contribution is 5.96. The quantitative estimate of drug-likeness (QED) is 0.752. The molecule has 0 aliphatic carbocycles. The van der Waals surface area contributed by atoms with Crippen LogP contribution in [0.15, 0.2) is 48.5 Å². The summed E-state index contributed by atoms with van der Waals surface area (Å²) in [7, 11) is 1.29.